The molecule has 1 heterocycles. The molecule has 0 bridgehead atoms. The molecule has 2 aromatic rings. The zero-order valence-electron chi connectivity index (χ0n) is 15.8. The highest BCUT2D eigenvalue weighted by Crippen LogP contribution is 2.16. The van der Waals surface area contributed by atoms with Crippen molar-refractivity contribution in [1.29, 1.82) is 0 Å². The van der Waals surface area contributed by atoms with E-state index in [1.807, 2.05) is 31.2 Å². The summed E-state index contributed by atoms with van der Waals surface area (Å²) in [6.45, 7) is 3.70. The first kappa shape index (κ1) is 19.8. The third kappa shape index (κ3) is 5.79. The molecule has 1 unspecified atom stereocenters. The molecule has 1 saturated heterocycles. The molecule has 0 aliphatic carbocycles. The van der Waals surface area contributed by atoms with Gasteiger partial charge in [-0.15, -0.1) is 0 Å². The molecule has 0 radical (unpaired) electrons. The second-order valence-corrected chi connectivity index (χ2v) is 6.37. The molecule has 6 nitrogen and oxygen atoms in total. The van der Waals surface area contributed by atoms with E-state index < -0.39 is 5.82 Å². The predicted molar refractivity (Wildman–Crippen MR) is 106 cm³/mol. The van der Waals surface area contributed by atoms with Gasteiger partial charge in [-0.2, -0.15) is 0 Å². The number of aliphatic imine (C=N–C) groups is 1. The quantitative estimate of drug-likeness (QED) is 0.589. The standard InChI is InChI=1S/C21H24FN3O3/c1-2-27-18-11-9-17(10-12-18)24-21(23-14-19-4-3-13-28-19)25-20(26)15-5-7-16(22)8-6-15/h5-12,19H,2-4,13-14H2,1H3,(H2,23,24,25,26). The average Bonchev–Trinajstić information content (AvgIpc) is 3.22. The van der Waals surface area contributed by atoms with E-state index in [2.05, 4.69) is 15.6 Å². The van der Waals surface area contributed by atoms with Gasteiger partial charge in [0.25, 0.3) is 5.91 Å². The van der Waals surface area contributed by atoms with E-state index in [4.69, 9.17) is 9.47 Å². The van der Waals surface area contributed by atoms with Gasteiger partial charge in [0.1, 0.15) is 11.6 Å². The van der Waals surface area contributed by atoms with Crippen LogP contribution >= 0.6 is 0 Å². The number of hydrogen-bond acceptors (Lipinski definition) is 4. The number of benzene rings is 2. The summed E-state index contributed by atoms with van der Waals surface area (Å²) >= 11 is 0. The van der Waals surface area contributed by atoms with E-state index >= 15 is 0 Å². The van der Waals surface area contributed by atoms with Crippen LogP contribution in [-0.2, 0) is 4.74 Å². The highest BCUT2D eigenvalue weighted by Gasteiger charge is 2.16. The number of hydrogen-bond donors (Lipinski definition) is 2. The Bertz CT molecular complexity index is 801. The first-order valence-electron chi connectivity index (χ1n) is 9.37. The summed E-state index contributed by atoms with van der Waals surface area (Å²) in [4.78, 5) is 17.0. The van der Waals surface area contributed by atoms with E-state index in [9.17, 15) is 9.18 Å². The van der Waals surface area contributed by atoms with E-state index in [0.717, 1.165) is 30.9 Å². The van der Waals surface area contributed by atoms with Gasteiger partial charge in [0.15, 0.2) is 0 Å². The van der Waals surface area contributed by atoms with Crippen molar-refractivity contribution >= 4 is 17.6 Å². The molecule has 28 heavy (non-hydrogen) atoms. The predicted octanol–water partition coefficient (Wildman–Crippen LogP) is 3.60. The van der Waals surface area contributed by atoms with Crippen molar-refractivity contribution in [2.75, 3.05) is 25.1 Å². The van der Waals surface area contributed by atoms with E-state index in [0.29, 0.717) is 24.7 Å². The van der Waals surface area contributed by atoms with Crippen molar-refractivity contribution < 1.29 is 18.7 Å². The number of carbonyl (C=O) groups excluding carboxylic acids is 1. The Hall–Kier alpha value is -2.93. The second kappa shape index (κ2) is 9.85. The van der Waals surface area contributed by atoms with Gasteiger partial charge in [-0.3, -0.25) is 10.1 Å². The van der Waals surface area contributed by atoms with Gasteiger partial charge in [0.2, 0.25) is 5.96 Å². The third-order valence-corrected chi connectivity index (χ3v) is 4.24. The minimum Gasteiger partial charge on any atom is -0.494 e. The Labute approximate surface area is 163 Å². The fourth-order valence-corrected chi connectivity index (χ4v) is 2.81. The molecule has 1 aliphatic rings. The first-order valence-corrected chi connectivity index (χ1v) is 9.37. The highest BCUT2D eigenvalue weighted by molar-refractivity contribution is 6.09. The minimum absolute atomic E-state index is 0.0554. The van der Waals surface area contributed by atoms with Crippen LogP contribution in [0.2, 0.25) is 0 Å². The lowest BCUT2D eigenvalue weighted by Gasteiger charge is -2.14. The molecule has 2 N–H and O–H groups in total. The molecular formula is C21H24FN3O3. The molecular weight excluding hydrogens is 361 g/mol. The van der Waals surface area contributed by atoms with E-state index in [1.54, 1.807) is 0 Å². The molecule has 7 heteroatoms. The molecule has 1 amide bonds. The lowest BCUT2D eigenvalue weighted by Crippen LogP contribution is -2.36. The summed E-state index contributed by atoms with van der Waals surface area (Å²) in [6, 6.07) is 12.7. The van der Waals surface area contributed by atoms with E-state index in [1.165, 1.54) is 24.3 Å². The number of nitrogens with zero attached hydrogens (tertiary/aromatic N) is 1. The largest absolute Gasteiger partial charge is 0.494 e. The molecule has 1 fully saturated rings. The number of amides is 1. The maximum Gasteiger partial charge on any atom is 0.257 e. The van der Waals surface area contributed by atoms with Gasteiger partial charge < -0.3 is 14.8 Å². The number of nitrogens with one attached hydrogen (secondary N) is 2. The van der Waals surface area contributed by atoms with Crippen LogP contribution in [0.1, 0.15) is 30.1 Å². The zero-order valence-corrected chi connectivity index (χ0v) is 15.8. The van der Waals surface area contributed by atoms with Crippen LogP contribution in [0.5, 0.6) is 5.75 Å². The number of ether oxygens (including phenoxy) is 2. The molecule has 148 valence electrons. The maximum atomic E-state index is 13.1. The molecule has 3 rings (SSSR count). The van der Waals surface area contributed by atoms with Crippen LogP contribution in [0, 0.1) is 5.82 Å². The van der Waals surface area contributed by atoms with Crippen molar-refractivity contribution in [3.05, 3.63) is 59.9 Å². The lowest BCUT2D eigenvalue weighted by molar-refractivity contribution is 0.0975. The van der Waals surface area contributed by atoms with Crippen molar-refractivity contribution in [3.8, 4) is 5.75 Å². The summed E-state index contributed by atoms with van der Waals surface area (Å²) in [5.74, 6) is 0.316. The Kier molecular flexibility index (Phi) is 6.97. The number of halogens is 1. The number of carbonyl (C=O) groups is 1. The van der Waals surface area contributed by atoms with Crippen LogP contribution in [0.3, 0.4) is 0 Å². The normalized spacial score (nSPS) is 16.6. The van der Waals surface area contributed by atoms with Crippen LogP contribution in [0.15, 0.2) is 53.5 Å². The van der Waals surface area contributed by atoms with Crippen LogP contribution in [0.4, 0.5) is 10.1 Å². The first-order chi connectivity index (χ1) is 13.6. The Balaban J connectivity index is 1.71. The summed E-state index contributed by atoms with van der Waals surface area (Å²) in [7, 11) is 0. The molecule has 0 aromatic heterocycles. The number of anilines is 1. The van der Waals surface area contributed by atoms with Gasteiger partial charge in [0.05, 0.1) is 19.3 Å². The fourth-order valence-electron chi connectivity index (χ4n) is 2.81. The second-order valence-electron chi connectivity index (χ2n) is 6.37. The molecule has 1 aliphatic heterocycles. The van der Waals surface area contributed by atoms with Gasteiger partial charge in [-0.05, 0) is 68.3 Å². The zero-order chi connectivity index (χ0) is 19.8. The topological polar surface area (TPSA) is 71.9 Å². The van der Waals surface area contributed by atoms with Crippen molar-refractivity contribution in [1.82, 2.24) is 5.32 Å². The SMILES string of the molecule is CCOc1ccc(NC(=NCC2CCCO2)NC(=O)c2ccc(F)cc2)cc1. The van der Waals surface area contributed by atoms with Crippen molar-refractivity contribution in [3.63, 3.8) is 0 Å². The number of guanidine groups is 1. The molecule has 0 saturated carbocycles. The molecule has 0 spiro atoms. The summed E-state index contributed by atoms with van der Waals surface area (Å²) in [6.07, 6.45) is 2.02. The smallest absolute Gasteiger partial charge is 0.257 e. The van der Waals surface area contributed by atoms with Crippen LogP contribution in [0.25, 0.3) is 0 Å². The Morgan fingerprint density at radius 1 is 1.21 bits per heavy atom. The van der Waals surface area contributed by atoms with Crippen LogP contribution < -0.4 is 15.4 Å². The summed E-state index contributed by atoms with van der Waals surface area (Å²) in [5.41, 5.74) is 1.11. The van der Waals surface area contributed by atoms with E-state index in [-0.39, 0.29) is 12.0 Å². The Morgan fingerprint density at radius 3 is 2.61 bits per heavy atom. The average molecular weight is 385 g/mol. The van der Waals surface area contributed by atoms with Crippen LogP contribution in [-0.4, -0.2) is 37.7 Å². The summed E-state index contributed by atoms with van der Waals surface area (Å²) < 4.78 is 24.1. The fraction of sp³-hybridized carbons (Fsp3) is 0.333. The minimum atomic E-state index is -0.392. The van der Waals surface area contributed by atoms with Crippen molar-refractivity contribution in [2.24, 2.45) is 4.99 Å². The van der Waals surface area contributed by atoms with Crippen molar-refractivity contribution in [2.45, 2.75) is 25.9 Å². The molecule has 2 aromatic carbocycles. The third-order valence-electron chi connectivity index (χ3n) is 4.24. The summed E-state index contributed by atoms with van der Waals surface area (Å²) in [5, 5.41) is 5.87. The Morgan fingerprint density at radius 2 is 1.96 bits per heavy atom. The van der Waals surface area contributed by atoms with Gasteiger partial charge in [0, 0.05) is 17.9 Å². The molecule has 1 atom stereocenters. The van der Waals surface area contributed by atoms with Gasteiger partial charge >= 0.3 is 0 Å². The highest BCUT2D eigenvalue weighted by atomic mass is 19.1. The monoisotopic (exact) mass is 385 g/mol. The maximum absolute atomic E-state index is 13.1. The van der Waals surface area contributed by atoms with Gasteiger partial charge in [-0.1, -0.05) is 0 Å². The van der Waals surface area contributed by atoms with Gasteiger partial charge in [-0.25, -0.2) is 9.38 Å². The number of rotatable bonds is 6. The lowest BCUT2D eigenvalue weighted by atomic mass is 10.2.